The van der Waals surface area contributed by atoms with Gasteiger partial charge in [-0.3, -0.25) is 10.8 Å². The molecule has 1 unspecified atom stereocenters. The number of hydrogen-bond acceptors (Lipinski definition) is 5. The fourth-order valence-corrected chi connectivity index (χ4v) is 4.33. The van der Waals surface area contributed by atoms with Gasteiger partial charge in [-0.25, -0.2) is 5.43 Å². The Balaban J connectivity index is 2.08. The zero-order valence-electron chi connectivity index (χ0n) is 9.26. The molecule has 3 nitrogen and oxygen atoms in total. The molecular weight excluding hydrogens is 330 g/mol. The van der Waals surface area contributed by atoms with Crippen LogP contribution in [-0.4, -0.2) is 4.98 Å². The number of hydrazine groups is 1. The van der Waals surface area contributed by atoms with E-state index in [1.54, 1.807) is 22.7 Å². The van der Waals surface area contributed by atoms with Gasteiger partial charge in [0.2, 0.25) is 0 Å². The van der Waals surface area contributed by atoms with Crippen molar-refractivity contribution in [2.45, 2.75) is 6.04 Å². The molecule has 0 bridgehead atoms. The molecule has 92 valence electrons. The van der Waals surface area contributed by atoms with Crippen LogP contribution in [0.1, 0.15) is 16.5 Å². The lowest BCUT2D eigenvalue weighted by Crippen LogP contribution is -2.28. The summed E-state index contributed by atoms with van der Waals surface area (Å²) in [7, 11) is 0. The SMILES string of the molecule is NNC(c1cnc2ccsc2c1)c1sccc1Br. The van der Waals surface area contributed by atoms with Crippen LogP contribution in [0.4, 0.5) is 0 Å². The molecule has 0 spiro atoms. The highest BCUT2D eigenvalue weighted by Crippen LogP contribution is 2.33. The van der Waals surface area contributed by atoms with E-state index >= 15 is 0 Å². The predicted octanol–water partition coefficient (Wildman–Crippen LogP) is 3.67. The summed E-state index contributed by atoms with van der Waals surface area (Å²) < 4.78 is 2.25. The smallest absolute Gasteiger partial charge is 0.0829 e. The molecule has 3 heterocycles. The van der Waals surface area contributed by atoms with E-state index in [1.807, 2.05) is 29.1 Å². The second kappa shape index (κ2) is 5.07. The largest absolute Gasteiger partial charge is 0.271 e. The predicted molar refractivity (Wildman–Crippen MR) is 80.8 cm³/mol. The third kappa shape index (κ3) is 2.10. The van der Waals surface area contributed by atoms with Crippen molar-refractivity contribution in [2.75, 3.05) is 0 Å². The second-order valence-electron chi connectivity index (χ2n) is 3.81. The first-order chi connectivity index (χ1) is 8.79. The van der Waals surface area contributed by atoms with Crippen molar-refractivity contribution in [3.05, 3.63) is 50.1 Å². The quantitative estimate of drug-likeness (QED) is 0.565. The Hall–Kier alpha value is -0.790. The molecule has 0 amide bonds. The van der Waals surface area contributed by atoms with Crippen LogP contribution in [0.2, 0.25) is 0 Å². The fourth-order valence-electron chi connectivity index (χ4n) is 1.85. The Morgan fingerprint density at radius 2 is 2.11 bits per heavy atom. The van der Waals surface area contributed by atoms with Gasteiger partial charge in [0.25, 0.3) is 0 Å². The summed E-state index contributed by atoms with van der Waals surface area (Å²) in [5, 5.41) is 4.09. The summed E-state index contributed by atoms with van der Waals surface area (Å²) in [6.07, 6.45) is 1.88. The molecule has 0 saturated carbocycles. The van der Waals surface area contributed by atoms with Gasteiger partial charge in [0, 0.05) is 15.5 Å². The number of aromatic nitrogens is 1. The highest BCUT2D eigenvalue weighted by atomic mass is 79.9. The minimum Gasteiger partial charge on any atom is -0.271 e. The molecule has 3 aromatic rings. The molecule has 0 aliphatic carbocycles. The molecule has 0 aliphatic rings. The number of nitrogens with one attached hydrogen (secondary N) is 1. The van der Waals surface area contributed by atoms with Crippen molar-refractivity contribution in [3.8, 4) is 0 Å². The molecule has 3 N–H and O–H groups in total. The number of hydrogen-bond donors (Lipinski definition) is 2. The molecule has 0 radical (unpaired) electrons. The van der Waals surface area contributed by atoms with Gasteiger partial charge in [0.1, 0.15) is 0 Å². The Kier molecular flexibility index (Phi) is 3.45. The average Bonchev–Trinajstić information content (AvgIpc) is 2.99. The average molecular weight is 340 g/mol. The zero-order chi connectivity index (χ0) is 12.5. The van der Waals surface area contributed by atoms with Crippen LogP contribution in [0.25, 0.3) is 10.2 Å². The third-order valence-electron chi connectivity index (χ3n) is 2.73. The summed E-state index contributed by atoms with van der Waals surface area (Å²) in [5.74, 6) is 5.70. The maximum Gasteiger partial charge on any atom is 0.0829 e. The Labute approximate surface area is 121 Å². The van der Waals surface area contributed by atoms with E-state index in [4.69, 9.17) is 5.84 Å². The molecule has 0 saturated heterocycles. The monoisotopic (exact) mass is 339 g/mol. The first-order valence-electron chi connectivity index (χ1n) is 5.32. The van der Waals surface area contributed by atoms with E-state index < -0.39 is 0 Å². The molecule has 0 aromatic carbocycles. The minimum absolute atomic E-state index is 0.0293. The van der Waals surface area contributed by atoms with E-state index in [-0.39, 0.29) is 6.04 Å². The van der Waals surface area contributed by atoms with Crippen LogP contribution in [0.15, 0.2) is 39.6 Å². The highest BCUT2D eigenvalue weighted by Gasteiger charge is 2.17. The lowest BCUT2D eigenvalue weighted by Gasteiger charge is -2.15. The Morgan fingerprint density at radius 1 is 1.28 bits per heavy atom. The van der Waals surface area contributed by atoms with Gasteiger partial charge < -0.3 is 0 Å². The van der Waals surface area contributed by atoms with Crippen LogP contribution < -0.4 is 11.3 Å². The number of nitrogens with zero attached hydrogens (tertiary/aromatic N) is 1. The normalized spacial score (nSPS) is 13.0. The lowest BCUT2D eigenvalue weighted by atomic mass is 10.1. The summed E-state index contributed by atoms with van der Waals surface area (Å²) >= 11 is 6.91. The Morgan fingerprint density at radius 3 is 2.83 bits per heavy atom. The van der Waals surface area contributed by atoms with Crippen LogP contribution in [0, 0.1) is 0 Å². The number of pyridine rings is 1. The molecule has 6 heteroatoms. The second-order valence-corrected chi connectivity index (χ2v) is 6.55. The van der Waals surface area contributed by atoms with Gasteiger partial charge in [0.15, 0.2) is 0 Å². The van der Waals surface area contributed by atoms with Gasteiger partial charge in [-0.2, -0.15) is 0 Å². The van der Waals surface area contributed by atoms with Gasteiger partial charge in [-0.1, -0.05) is 0 Å². The number of fused-ring (bicyclic) bond motifs is 1. The summed E-state index contributed by atoms with van der Waals surface area (Å²) in [5.41, 5.74) is 4.97. The molecule has 3 rings (SSSR count). The van der Waals surface area contributed by atoms with Gasteiger partial charge >= 0.3 is 0 Å². The first kappa shape index (κ1) is 12.3. The van der Waals surface area contributed by atoms with E-state index in [0.29, 0.717) is 0 Å². The maximum absolute atomic E-state index is 5.70. The summed E-state index contributed by atoms with van der Waals surface area (Å²) in [6.45, 7) is 0. The van der Waals surface area contributed by atoms with Gasteiger partial charge in [-0.15, -0.1) is 22.7 Å². The van der Waals surface area contributed by atoms with Crippen LogP contribution >= 0.6 is 38.6 Å². The van der Waals surface area contributed by atoms with Crippen molar-refractivity contribution in [3.63, 3.8) is 0 Å². The number of halogens is 1. The molecular formula is C12H10BrN3S2. The van der Waals surface area contributed by atoms with Crippen LogP contribution in [0.5, 0.6) is 0 Å². The van der Waals surface area contributed by atoms with E-state index in [9.17, 15) is 0 Å². The minimum atomic E-state index is -0.0293. The Bertz CT molecular complexity index is 677. The van der Waals surface area contributed by atoms with Crippen molar-refractivity contribution in [1.82, 2.24) is 10.4 Å². The molecule has 0 aliphatic heterocycles. The summed E-state index contributed by atoms with van der Waals surface area (Å²) in [6, 6.07) is 6.17. The van der Waals surface area contributed by atoms with E-state index in [0.717, 1.165) is 20.4 Å². The summed E-state index contributed by atoms with van der Waals surface area (Å²) in [4.78, 5) is 5.62. The third-order valence-corrected chi connectivity index (χ3v) is 5.52. The topological polar surface area (TPSA) is 50.9 Å². The van der Waals surface area contributed by atoms with Crippen molar-refractivity contribution >= 4 is 48.8 Å². The van der Waals surface area contributed by atoms with E-state index in [2.05, 4.69) is 32.4 Å². The first-order valence-corrected chi connectivity index (χ1v) is 7.87. The fraction of sp³-hybridized carbons (Fsp3) is 0.0833. The van der Waals surface area contributed by atoms with Crippen molar-refractivity contribution in [1.29, 1.82) is 0 Å². The molecule has 3 aromatic heterocycles. The number of rotatable bonds is 3. The number of nitrogens with two attached hydrogens (primary N) is 1. The van der Waals surface area contributed by atoms with Gasteiger partial charge in [0.05, 0.1) is 16.3 Å². The molecule has 18 heavy (non-hydrogen) atoms. The highest BCUT2D eigenvalue weighted by molar-refractivity contribution is 9.10. The zero-order valence-corrected chi connectivity index (χ0v) is 12.5. The number of thiophene rings is 2. The van der Waals surface area contributed by atoms with Crippen LogP contribution in [-0.2, 0) is 0 Å². The maximum atomic E-state index is 5.70. The van der Waals surface area contributed by atoms with Gasteiger partial charge in [-0.05, 0) is 50.5 Å². The van der Waals surface area contributed by atoms with Crippen molar-refractivity contribution in [2.24, 2.45) is 5.84 Å². The molecule has 1 atom stereocenters. The van der Waals surface area contributed by atoms with E-state index in [1.165, 1.54) is 4.70 Å². The van der Waals surface area contributed by atoms with Crippen molar-refractivity contribution < 1.29 is 0 Å². The van der Waals surface area contributed by atoms with Crippen LogP contribution in [0.3, 0.4) is 0 Å². The lowest BCUT2D eigenvalue weighted by molar-refractivity contribution is 0.643. The standard InChI is InChI=1S/C12H10BrN3S2/c13-8-1-3-18-12(8)11(16-14)7-5-10-9(15-6-7)2-4-17-10/h1-6,11,16H,14H2. The molecule has 0 fully saturated rings.